The summed E-state index contributed by atoms with van der Waals surface area (Å²) in [6.07, 6.45) is 1.58. The van der Waals surface area contributed by atoms with Gasteiger partial charge in [0, 0.05) is 24.8 Å². The van der Waals surface area contributed by atoms with Gasteiger partial charge in [0.25, 0.3) is 0 Å². The first-order valence-corrected chi connectivity index (χ1v) is 7.32. The van der Waals surface area contributed by atoms with Gasteiger partial charge in [-0.2, -0.15) is 5.10 Å². The van der Waals surface area contributed by atoms with Crippen molar-refractivity contribution in [2.45, 2.75) is 18.4 Å². The molecule has 0 bridgehead atoms. The summed E-state index contributed by atoms with van der Waals surface area (Å²) >= 11 is 0. The Balaban J connectivity index is 2.24. The van der Waals surface area contributed by atoms with Crippen LogP contribution < -0.4 is 10.5 Å². The smallest absolute Gasteiger partial charge is 0.243 e. The van der Waals surface area contributed by atoms with Crippen LogP contribution >= 0.6 is 0 Å². The zero-order valence-corrected chi connectivity index (χ0v) is 11.9. The van der Waals surface area contributed by atoms with E-state index in [1.807, 2.05) is 6.92 Å². The van der Waals surface area contributed by atoms with Crippen LogP contribution in [0, 0.1) is 12.7 Å². The van der Waals surface area contributed by atoms with Gasteiger partial charge in [0.2, 0.25) is 10.0 Å². The van der Waals surface area contributed by atoms with Crippen molar-refractivity contribution < 1.29 is 12.8 Å². The summed E-state index contributed by atoms with van der Waals surface area (Å²) in [5.41, 5.74) is 6.66. The maximum Gasteiger partial charge on any atom is 0.243 e. The number of nitrogens with one attached hydrogen (secondary N) is 1. The third-order valence-corrected chi connectivity index (χ3v) is 4.55. The van der Waals surface area contributed by atoms with Crippen LogP contribution in [0.4, 0.5) is 10.1 Å². The van der Waals surface area contributed by atoms with E-state index < -0.39 is 15.8 Å². The van der Waals surface area contributed by atoms with Crippen molar-refractivity contribution in [2.75, 3.05) is 5.73 Å². The van der Waals surface area contributed by atoms with Crippen molar-refractivity contribution >= 4 is 15.7 Å². The molecule has 108 valence electrons. The number of para-hydroxylation sites is 1. The summed E-state index contributed by atoms with van der Waals surface area (Å²) in [4.78, 5) is -0.265. The maximum absolute atomic E-state index is 13.3. The molecule has 1 aromatic carbocycles. The second-order valence-electron chi connectivity index (χ2n) is 4.36. The molecule has 3 N–H and O–H groups in total. The number of hydrogen-bond acceptors (Lipinski definition) is 4. The quantitative estimate of drug-likeness (QED) is 0.822. The average molecular weight is 298 g/mol. The Labute approximate surface area is 116 Å². The van der Waals surface area contributed by atoms with E-state index in [1.165, 1.54) is 12.1 Å². The van der Waals surface area contributed by atoms with E-state index in [2.05, 4.69) is 9.82 Å². The second-order valence-corrected chi connectivity index (χ2v) is 6.09. The molecule has 0 aliphatic carbocycles. The van der Waals surface area contributed by atoms with E-state index in [0.29, 0.717) is 0 Å². The highest BCUT2D eigenvalue weighted by molar-refractivity contribution is 7.89. The van der Waals surface area contributed by atoms with Crippen LogP contribution in [0.15, 0.2) is 29.3 Å². The summed E-state index contributed by atoms with van der Waals surface area (Å²) in [5, 5.41) is 4.02. The molecule has 0 spiro atoms. The lowest BCUT2D eigenvalue weighted by atomic mass is 10.3. The predicted octanol–water partition coefficient (Wildman–Crippen LogP) is 0.928. The van der Waals surface area contributed by atoms with E-state index in [4.69, 9.17) is 5.73 Å². The van der Waals surface area contributed by atoms with Gasteiger partial charge in [-0.25, -0.2) is 17.5 Å². The van der Waals surface area contributed by atoms with Gasteiger partial charge < -0.3 is 5.73 Å². The van der Waals surface area contributed by atoms with E-state index in [0.717, 1.165) is 17.3 Å². The highest BCUT2D eigenvalue weighted by atomic mass is 32.2. The van der Waals surface area contributed by atoms with Crippen molar-refractivity contribution in [3.05, 3.63) is 41.5 Å². The van der Waals surface area contributed by atoms with Gasteiger partial charge in [0.15, 0.2) is 0 Å². The van der Waals surface area contributed by atoms with Crippen LogP contribution in [-0.2, 0) is 23.6 Å². The summed E-state index contributed by atoms with van der Waals surface area (Å²) in [7, 11) is -2.11. The number of rotatable bonds is 4. The molecule has 1 heterocycles. The molecule has 0 atom stereocenters. The van der Waals surface area contributed by atoms with E-state index in [1.54, 1.807) is 17.9 Å². The van der Waals surface area contributed by atoms with E-state index >= 15 is 0 Å². The fourth-order valence-electron chi connectivity index (χ4n) is 1.72. The van der Waals surface area contributed by atoms with Crippen molar-refractivity contribution in [3.8, 4) is 0 Å². The summed E-state index contributed by atoms with van der Waals surface area (Å²) in [6.45, 7) is 1.89. The zero-order chi connectivity index (χ0) is 14.9. The Bertz CT molecular complexity index is 740. The first-order valence-electron chi connectivity index (χ1n) is 5.84. The fraction of sp³-hybridized carbons (Fsp3) is 0.250. The number of aryl methyl sites for hydroxylation is 1. The standard InChI is InChI=1S/C12H15FN4O2S/c1-8-9(6-15-17(8)2)7-16-20(18,19)11-5-3-4-10(13)12(11)14/h3-6,16H,7,14H2,1-2H3. The molecular formula is C12H15FN4O2S. The van der Waals surface area contributed by atoms with Crippen LogP contribution in [0.5, 0.6) is 0 Å². The van der Waals surface area contributed by atoms with Crippen LogP contribution in [0.1, 0.15) is 11.3 Å². The average Bonchev–Trinajstić information content (AvgIpc) is 2.71. The van der Waals surface area contributed by atoms with Crippen molar-refractivity contribution in [1.29, 1.82) is 0 Å². The number of sulfonamides is 1. The molecule has 0 aliphatic rings. The van der Waals surface area contributed by atoms with Crippen molar-refractivity contribution in [1.82, 2.24) is 14.5 Å². The normalized spacial score (nSPS) is 11.8. The first-order chi connectivity index (χ1) is 9.33. The Kier molecular flexibility index (Phi) is 3.78. The highest BCUT2D eigenvalue weighted by Crippen LogP contribution is 2.21. The lowest BCUT2D eigenvalue weighted by molar-refractivity contribution is 0.578. The molecule has 0 saturated carbocycles. The van der Waals surface area contributed by atoms with Gasteiger partial charge in [-0.3, -0.25) is 4.68 Å². The maximum atomic E-state index is 13.3. The third-order valence-electron chi connectivity index (χ3n) is 3.09. The number of aromatic nitrogens is 2. The largest absolute Gasteiger partial charge is 0.395 e. The SMILES string of the molecule is Cc1c(CNS(=O)(=O)c2cccc(F)c2N)cnn1C. The zero-order valence-electron chi connectivity index (χ0n) is 11.1. The predicted molar refractivity (Wildman–Crippen MR) is 72.8 cm³/mol. The Morgan fingerprint density at radius 2 is 2.15 bits per heavy atom. The first kappa shape index (κ1) is 14.5. The van der Waals surface area contributed by atoms with Crippen molar-refractivity contribution in [2.24, 2.45) is 7.05 Å². The Hall–Kier alpha value is -1.93. The van der Waals surface area contributed by atoms with Crippen LogP contribution in [0.2, 0.25) is 0 Å². The number of nitrogens with zero attached hydrogens (tertiary/aromatic N) is 2. The number of halogens is 1. The molecular weight excluding hydrogens is 283 g/mol. The summed E-state index contributed by atoms with van der Waals surface area (Å²) in [6, 6.07) is 3.67. The number of nitrogens with two attached hydrogens (primary N) is 1. The molecule has 8 heteroatoms. The van der Waals surface area contributed by atoms with Crippen LogP contribution in [-0.4, -0.2) is 18.2 Å². The molecule has 0 saturated heterocycles. The highest BCUT2D eigenvalue weighted by Gasteiger charge is 2.19. The molecule has 2 aromatic rings. The molecule has 20 heavy (non-hydrogen) atoms. The van der Waals surface area contributed by atoms with E-state index in [-0.39, 0.29) is 17.1 Å². The minimum atomic E-state index is -3.87. The topological polar surface area (TPSA) is 90.0 Å². The third kappa shape index (κ3) is 2.66. The number of hydrogen-bond donors (Lipinski definition) is 2. The molecule has 0 radical (unpaired) electrons. The molecule has 0 amide bonds. The number of benzene rings is 1. The summed E-state index contributed by atoms with van der Waals surface area (Å²) < 4.78 is 41.6. The Morgan fingerprint density at radius 3 is 2.75 bits per heavy atom. The van der Waals surface area contributed by atoms with Crippen molar-refractivity contribution in [3.63, 3.8) is 0 Å². The van der Waals surface area contributed by atoms with Gasteiger partial charge in [-0.05, 0) is 19.1 Å². The second kappa shape index (κ2) is 5.22. The van der Waals surface area contributed by atoms with Gasteiger partial charge in [-0.1, -0.05) is 6.07 Å². The number of nitrogen functional groups attached to an aromatic ring is 1. The summed E-state index contributed by atoms with van der Waals surface area (Å²) in [5.74, 6) is -0.759. The van der Waals surface area contributed by atoms with Gasteiger partial charge >= 0.3 is 0 Å². The lowest BCUT2D eigenvalue weighted by Crippen LogP contribution is -2.24. The van der Waals surface area contributed by atoms with Crippen LogP contribution in [0.25, 0.3) is 0 Å². The minimum Gasteiger partial charge on any atom is -0.395 e. The van der Waals surface area contributed by atoms with Gasteiger partial charge in [0.05, 0.1) is 11.9 Å². The Morgan fingerprint density at radius 1 is 1.45 bits per heavy atom. The monoisotopic (exact) mass is 298 g/mol. The molecule has 0 fully saturated rings. The molecule has 2 rings (SSSR count). The van der Waals surface area contributed by atoms with E-state index in [9.17, 15) is 12.8 Å². The fourth-order valence-corrected chi connectivity index (χ4v) is 2.87. The van der Waals surface area contributed by atoms with Gasteiger partial charge in [0.1, 0.15) is 10.7 Å². The molecule has 0 unspecified atom stereocenters. The molecule has 0 aliphatic heterocycles. The minimum absolute atomic E-state index is 0.0674. The molecule has 6 nitrogen and oxygen atoms in total. The number of anilines is 1. The van der Waals surface area contributed by atoms with Crippen LogP contribution in [0.3, 0.4) is 0 Å². The lowest BCUT2D eigenvalue weighted by Gasteiger charge is -2.09. The molecule has 1 aromatic heterocycles. The van der Waals surface area contributed by atoms with Gasteiger partial charge in [-0.15, -0.1) is 0 Å².